The zero-order valence-electron chi connectivity index (χ0n) is 18.4. The number of carbonyl (C=O) groups excluding carboxylic acids is 4. The van der Waals surface area contributed by atoms with Crippen molar-refractivity contribution in [3.8, 4) is 5.75 Å². The van der Waals surface area contributed by atoms with Crippen LogP contribution < -0.4 is 15.4 Å². The molecule has 4 rings (SSSR count). The van der Waals surface area contributed by atoms with E-state index >= 15 is 0 Å². The number of rotatable bonds is 7. The molecule has 0 saturated heterocycles. The number of para-hydroxylation sites is 1. The summed E-state index contributed by atoms with van der Waals surface area (Å²) in [5, 5.41) is 5.46. The van der Waals surface area contributed by atoms with Crippen LogP contribution in [0.4, 0.5) is 11.4 Å². The molecule has 0 bridgehead atoms. The number of anilines is 2. The van der Waals surface area contributed by atoms with Gasteiger partial charge >= 0.3 is 5.97 Å². The van der Waals surface area contributed by atoms with Crippen LogP contribution in [0.2, 0.25) is 0 Å². The van der Waals surface area contributed by atoms with E-state index < -0.39 is 18.5 Å². The summed E-state index contributed by atoms with van der Waals surface area (Å²) in [7, 11) is 1.53. The molecular formula is C26H22N2O6. The minimum Gasteiger partial charge on any atom is -0.497 e. The fraction of sp³-hybridized carbons (Fsp3) is 0.154. The number of esters is 1. The van der Waals surface area contributed by atoms with E-state index in [1.54, 1.807) is 60.7 Å². The van der Waals surface area contributed by atoms with Crippen LogP contribution in [0, 0.1) is 0 Å². The maximum absolute atomic E-state index is 12.7. The lowest BCUT2D eigenvalue weighted by molar-refractivity contribution is -0.116. The first kappa shape index (κ1) is 22.7. The van der Waals surface area contributed by atoms with Crippen LogP contribution in [0.1, 0.15) is 43.1 Å². The molecule has 34 heavy (non-hydrogen) atoms. The molecule has 1 aliphatic rings. The van der Waals surface area contributed by atoms with Crippen molar-refractivity contribution in [1.29, 1.82) is 0 Å². The molecule has 2 amide bonds. The number of hydrogen-bond acceptors (Lipinski definition) is 6. The Hall–Kier alpha value is -4.46. The van der Waals surface area contributed by atoms with Gasteiger partial charge in [0, 0.05) is 23.2 Å². The second-order valence-electron chi connectivity index (χ2n) is 7.65. The van der Waals surface area contributed by atoms with Gasteiger partial charge in [-0.15, -0.1) is 0 Å². The number of Topliss-reactive ketones (excluding diaryl/α,β-unsaturated/α-hetero) is 1. The van der Waals surface area contributed by atoms with Gasteiger partial charge in [0.15, 0.2) is 12.4 Å². The molecule has 0 radical (unpaired) electrons. The van der Waals surface area contributed by atoms with E-state index in [2.05, 4.69) is 10.6 Å². The second-order valence-corrected chi connectivity index (χ2v) is 7.65. The second kappa shape index (κ2) is 9.99. The maximum Gasteiger partial charge on any atom is 0.340 e. The summed E-state index contributed by atoms with van der Waals surface area (Å²) in [6, 6.07) is 17.9. The Balaban J connectivity index is 1.41. The van der Waals surface area contributed by atoms with E-state index in [0.717, 1.165) is 5.56 Å². The van der Waals surface area contributed by atoms with Crippen molar-refractivity contribution in [2.45, 2.75) is 12.8 Å². The van der Waals surface area contributed by atoms with Crippen molar-refractivity contribution < 1.29 is 28.7 Å². The third-order valence-corrected chi connectivity index (χ3v) is 5.40. The molecule has 1 heterocycles. The van der Waals surface area contributed by atoms with Gasteiger partial charge in [0.1, 0.15) is 5.75 Å². The van der Waals surface area contributed by atoms with Crippen LogP contribution in [0.5, 0.6) is 5.75 Å². The lowest BCUT2D eigenvalue weighted by atomic mass is 9.99. The zero-order chi connectivity index (χ0) is 24.1. The Kier molecular flexibility index (Phi) is 6.68. The molecule has 172 valence electrons. The van der Waals surface area contributed by atoms with E-state index in [4.69, 9.17) is 9.47 Å². The van der Waals surface area contributed by atoms with Gasteiger partial charge < -0.3 is 20.1 Å². The van der Waals surface area contributed by atoms with Gasteiger partial charge in [-0.05, 0) is 66.6 Å². The zero-order valence-corrected chi connectivity index (χ0v) is 18.4. The summed E-state index contributed by atoms with van der Waals surface area (Å²) in [5.41, 5.74) is 2.73. The van der Waals surface area contributed by atoms with Crippen LogP contribution in [0.25, 0.3) is 0 Å². The first-order chi connectivity index (χ1) is 16.4. The smallest absolute Gasteiger partial charge is 0.340 e. The van der Waals surface area contributed by atoms with Crippen molar-refractivity contribution in [1.82, 2.24) is 0 Å². The van der Waals surface area contributed by atoms with Crippen LogP contribution in [-0.4, -0.2) is 37.3 Å². The highest BCUT2D eigenvalue weighted by Crippen LogP contribution is 2.24. The Morgan fingerprint density at radius 1 is 0.941 bits per heavy atom. The molecule has 1 aliphatic heterocycles. The molecule has 0 saturated carbocycles. The lowest BCUT2D eigenvalue weighted by Gasteiger charge is -2.17. The van der Waals surface area contributed by atoms with Crippen molar-refractivity contribution >= 4 is 34.9 Å². The van der Waals surface area contributed by atoms with Gasteiger partial charge in [-0.2, -0.15) is 0 Å². The SMILES string of the molecule is COc1ccc(C(=O)Nc2ccccc2C(=O)OCC(=O)c2ccc3c(c2)CCC(=O)N3)cc1. The number of amides is 2. The molecule has 8 nitrogen and oxygen atoms in total. The first-order valence-electron chi connectivity index (χ1n) is 10.6. The van der Waals surface area contributed by atoms with E-state index in [1.165, 1.54) is 13.2 Å². The fourth-order valence-electron chi connectivity index (χ4n) is 3.56. The van der Waals surface area contributed by atoms with Crippen molar-refractivity contribution in [2.75, 3.05) is 24.4 Å². The van der Waals surface area contributed by atoms with E-state index in [-0.39, 0.29) is 22.9 Å². The number of methoxy groups -OCH3 is 1. The minimum absolute atomic E-state index is 0.0572. The largest absolute Gasteiger partial charge is 0.497 e. The molecule has 0 spiro atoms. The van der Waals surface area contributed by atoms with Gasteiger partial charge in [-0.3, -0.25) is 14.4 Å². The number of aryl methyl sites for hydroxylation is 1. The van der Waals surface area contributed by atoms with E-state index in [1.807, 2.05) is 0 Å². The fourth-order valence-corrected chi connectivity index (χ4v) is 3.56. The molecule has 0 aliphatic carbocycles. The Morgan fingerprint density at radius 3 is 2.44 bits per heavy atom. The molecule has 0 fully saturated rings. The molecule has 2 N–H and O–H groups in total. The van der Waals surface area contributed by atoms with Gasteiger partial charge in [-0.1, -0.05) is 12.1 Å². The normalized spacial score (nSPS) is 12.2. The summed E-state index contributed by atoms with van der Waals surface area (Å²) >= 11 is 0. The standard InChI is InChI=1S/C26H22N2O6/c1-33-19-10-6-16(7-11-19)25(31)28-22-5-3-2-4-20(22)26(32)34-15-23(29)18-8-12-21-17(14-18)9-13-24(30)27-21/h2-8,10-12,14H,9,13,15H2,1H3,(H,27,30)(H,28,31). The topological polar surface area (TPSA) is 111 Å². The predicted octanol–water partition coefficient (Wildman–Crippen LogP) is 3.87. The number of benzene rings is 3. The third-order valence-electron chi connectivity index (χ3n) is 5.40. The molecule has 0 atom stereocenters. The molecule has 3 aromatic carbocycles. The highest BCUT2D eigenvalue weighted by atomic mass is 16.5. The summed E-state index contributed by atoms with van der Waals surface area (Å²) < 4.78 is 10.3. The molecule has 0 aromatic heterocycles. The number of fused-ring (bicyclic) bond motifs is 1. The quantitative estimate of drug-likeness (QED) is 0.411. The van der Waals surface area contributed by atoms with Crippen LogP contribution >= 0.6 is 0 Å². The number of nitrogens with one attached hydrogen (secondary N) is 2. The third kappa shape index (κ3) is 5.12. The Labute approximate surface area is 195 Å². The van der Waals surface area contributed by atoms with Crippen LogP contribution in [-0.2, 0) is 16.0 Å². The number of ether oxygens (including phenoxy) is 2. The highest BCUT2D eigenvalue weighted by molar-refractivity contribution is 6.08. The Morgan fingerprint density at radius 2 is 1.68 bits per heavy atom. The summed E-state index contributed by atoms with van der Waals surface area (Å²) in [4.78, 5) is 49.4. The van der Waals surface area contributed by atoms with Crippen LogP contribution in [0.3, 0.4) is 0 Å². The molecular weight excluding hydrogens is 436 g/mol. The van der Waals surface area contributed by atoms with Gasteiger partial charge in [0.05, 0.1) is 18.4 Å². The Bertz CT molecular complexity index is 1270. The lowest BCUT2D eigenvalue weighted by Crippen LogP contribution is -2.20. The van der Waals surface area contributed by atoms with Gasteiger partial charge in [0.2, 0.25) is 5.91 Å². The first-order valence-corrected chi connectivity index (χ1v) is 10.6. The molecule has 8 heteroatoms. The minimum atomic E-state index is -0.732. The number of carbonyl (C=O) groups is 4. The van der Waals surface area contributed by atoms with Gasteiger partial charge in [-0.25, -0.2) is 4.79 Å². The molecule has 0 unspecified atom stereocenters. The van der Waals surface area contributed by atoms with Gasteiger partial charge in [0.25, 0.3) is 5.91 Å². The average Bonchev–Trinajstić information content (AvgIpc) is 2.87. The monoisotopic (exact) mass is 458 g/mol. The van der Waals surface area contributed by atoms with Crippen molar-refractivity contribution in [3.63, 3.8) is 0 Å². The van der Waals surface area contributed by atoms with Crippen molar-refractivity contribution in [3.05, 3.63) is 89.0 Å². The molecule has 3 aromatic rings. The maximum atomic E-state index is 12.7. The van der Waals surface area contributed by atoms with E-state index in [0.29, 0.717) is 35.4 Å². The average molecular weight is 458 g/mol. The summed E-state index contributed by atoms with van der Waals surface area (Å²) in [5.74, 6) is -0.940. The number of ketones is 1. The van der Waals surface area contributed by atoms with E-state index in [9.17, 15) is 19.2 Å². The number of hydrogen-bond donors (Lipinski definition) is 2. The van der Waals surface area contributed by atoms with Crippen LogP contribution in [0.15, 0.2) is 66.7 Å². The summed E-state index contributed by atoms with van der Waals surface area (Å²) in [6.07, 6.45) is 0.905. The predicted molar refractivity (Wildman–Crippen MR) is 125 cm³/mol. The highest BCUT2D eigenvalue weighted by Gasteiger charge is 2.19. The van der Waals surface area contributed by atoms with Crippen molar-refractivity contribution in [2.24, 2.45) is 0 Å². The summed E-state index contributed by atoms with van der Waals surface area (Å²) in [6.45, 7) is -0.454.